The van der Waals surface area contributed by atoms with Crippen molar-refractivity contribution in [3.8, 4) is 5.75 Å². The van der Waals surface area contributed by atoms with Crippen molar-refractivity contribution in [2.45, 2.75) is 26.3 Å². The number of nitrogens with zero attached hydrogens (tertiary/aromatic N) is 2. The van der Waals surface area contributed by atoms with Gasteiger partial charge < -0.3 is 20.5 Å². The van der Waals surface area contributed by atoms with Crippen molar-refractivity contribution in [3.63, 3.8) is 0 Å². The summed E-state index contributed by atoms with van der Waals surface area (Å²) in [5.74, 6) is 0.786. The smallest absolute Gasteiger partial charge is 0.270 e. The number of amides is 1. The minimum Gasteiger partial charge on any atom is -0.490 e. The Balaban J connectivity index is 1.70. The van der Waals surface area contributed by atoms with Gasteiger partial charge in [-0.1, -0.05) is 6.07 Å². The van der Waals surface area contributed by atoms with E-state index in [-0.39, 0.29) is 12.5 Å². The summed E-state index contributed by atoms with van der Waals surface area (Å²) >= 11 is 1.18. The Morgan fingerprint density at radius 3 is 2.96 bits per heavy atom. The molecule has 0 saturated heterocycles. The number of hydrogen-bond acceptors (Lipinski definition) is 7. The second-order valence-electron chi connectivity index (χ2n) is 6.69. The average molecular weight is 371 g/mol. The van der Waals surface area contributed by atoms with E-state index >= 15 is 0 Å². The molecule has 136 valence electrons. The molecule has 1 amide bonds. The second kappa shape index (κ2) is 7.25. The number of hydrogen-bond donors (Lipinski definition) is 3. The van der Waals surface area contributed by atoms with E-state index < -0.39 is 5.54 Å². The number of nitrogens with one attached hydrogen (secondary N) is 2. The number of ether oxygens (including phenoxy) is 1. The van der Waals surface area contributed by atoms with Gasteiger partial charge in [-0.3, -0.25) is 9.78 Å². The van der Waals surface area contributed by atoms with Crippen molar-refractivity contribution < 1.29 is 9.53 Å². The molecule has 0 unspecified atom stereocenters. The summed E-state index contributed by atoms with van der Waals surface area (Å²) in [6.07, 6.45) is 1.62. The highest BCUT2D eigenvalue weighted by atomic mass is 32.2. The van der Waals surface area contributed by atoms with Crippen LogP contribution in [-0.2, 0) is 0 Å². The van der Waals surface area contributed by atoms with E-state index in [1.54, 1.807) is 12.3 Å². The van der Waals surface area contributed by atoms with Crippen molar-refractivity contribution in [1.82, 2.24) is 10.3 Å². The lowest BCUT2D eigenvalue weighted by molar-refractivity contribution is 0.0875. The number of benzene rings is 1. The third kappa shape index (κ3) is 4.08. The fourth-order valence-corrected chi connectivity index (χ4v) is 3.00. The lowest BCUT2D eigenvalue weighted by Crippen LogP contribution is -2.48. The number of aromatic nitrogens is 1. The molecule has 0 aliphatic carbocycles. The standard InChI is InChI=1S/C18H21N5O2S/c1-11-7-8-20-13(9-11)17(24)21-18(2,3)10-25-14-6-4-5-12-15(14)16(19)23-26-22-12/h4-9,22H,10H2,1-3H3,(H2,19,23)(H,21,24). The largest absolute Gasteiger partial charge is 0.490 e. The first-order valence-corrected chi connectivity index (χ1v) is 8.90. The Bertz CT molecular complexity index is 866. The molecule has 1 aromatic carbocycles. The fraction of sp³-hybridized carbons (Fsp3) is 0.278. The Morgan fingerprint density at radius 1 is 1.38 bits per heavy atom. The summed E-state index contributed by atoms with van der Waals surface area (Å²) in [4.78, 5) is 16.5. The van der Waals surface area contributed by atoms with Gasteiger partial charge in [-0.2, -0.15) is 4.40 Å². The summed E-state index contributed by atoms with van der Waals surface area (Å²) in [5, 5.41) is 2.95. The van der Waals surface area contributed by atoms with Crippen LogP contribution in [-0.4, -0.2) is 28.9 Å². The maximum absolute atomic E-state index is 12.4. The molecule has 0 spiro atoms. The zero-order chi connectivity index (χ0) is 18.7. The molecule has 2 heterocycles. The van der Waals surface area contributed by atoms with Crippen LogP contribution < -0.4 is 20.5 Å². The maximum atomic E-state index is 12.4. The van der Waals surface area contributed by atoms with Gasteiger partial charge in [0.15, 0.2) is 0 Å². The summed E-state index contributed by atoms with van der Waals surface area (Å²) in [6, 6.07) is 9.22. The SMILES string of the molecule is Cc1ccnc(C(=O)NC(C)(C)COc2cccc3c2C(N)=NSN3)c1. The quantitative estimate of drug-likeness (QED) is 0.699. The molecule has 0 radical (unpaired) electrons. The number of fused-ring (bicyclic) bond motifs is 1. The topological polar surface area (TPSA) is 102 Å². The Kier molecular flexibility index (Phi) is 5.03. The lowest BCUT2D eigenvalue weighted by Gasteiger charge is -2.27. The van der Waals surface area contributed by atoms with Gasteiger partial charge in [0, 0.05) is 6.20 Å². The van der Waals surface area contributed by atoms with Gasteiger partial charge in [0.25, 0.3) is 5.91 Å². The van der Waals surface area contributed by atoms with Gasteiger partial charge in [-0.25, -0.2) is 0 Å². The van der Waals surface area contributed by atoms with Crippen LogP contribution in [0.5, 0.6) is 5.75 Å². The van der Waals surface area contributed by atoms with E-state index in [1.807, 2.05) is 45.0 Å². The average Bonchev–Trinajstić information content (AvgIpc) is 2.60. The summed E-state index contributed by atoms with van der Waals surface area (Å²) in [5.41, 5.74) is 8.33. The van der Waals surface area contributed by atoms with Crippen LogP contribution in [0.2, 0.25) is 0 Å². The number of aryl methyl sites for hydroxylation is 1. The molecule has 0 atom stereocenters. The van der Waals surface area contributed by atoms with Crippen LogP contribution in [0.15, 0.2) is 40.9 Å². The molecular weight excluding hydrogens is 350 g/mol. The van der Waals surface area contributed by atoms with Crippen molar-refractivity contribution in [3.05, 3.63) is 53.3 Å². The van der Waals surface area contributed by atoms with E-state index in [0.29, 0.717) is 17.3 Å². The molecule has 4 N–H and O–H groups in total. The predicted octanol–water partition coefficient (Wildman–Crippen LogP) is 2.67. The molecule has 1 aromatic heterocycles. The van der Waals surface area contributed by atoms with Crippen LogP contribution in [0.3, 0.4) is 0 Å². The minimum absolute atomic E-state index is 0.239. The van der Waals surface area contributed by atoms with Gasteiger partial charge >= 0.3 is 0 Å². The van der Waals surface area contributed by atoms with Crippen LogP contribution in [0, 0.1) is 6.92 Å². The highest BCUT2D eigenvalue weighted by Crippen LogP contribution is 2.32. The molecule has 1 aliphatic rings. The first kappa shape index (κ1) is 18.1. The Labute approximate surface area is 156 Å². The van der Waals surface area contributed by atoms with Crippen LogP contribution in [0.1, 0.15) is 35.5 Å². The highest BCUT2D eigenvalue weighted by Gasteiger charge is 2.25. The van der Waals surface area contributed by atoms with E-state index in [0.717, 1.165) is 16.8 Å². The monoisotopic (exact) mass is 371 g/mol. The van der Waals surface area contributed by atoms with E-state index in [4.69, 9.17) is 10.5 Å². The van der Waals surface area contributed by atoms with Crippen molar-refractivity contribution >= 4 is 29.6 Å². The molecule has 0 fully saturated rings. The van der Waals surface area contributed by atoms with E-state index in [9.17, 15) is 4.79 Å². The Hall–Kier alpha value is -2.74. The number of rotatable bonds is 5. The lowest BCUT2D eigenvalue weighted by atomic mass is 10.1. The van der Waals surface area contributed by atoms with Crippen molar-refractivity contribution in [2.75, 3.05) is 11.3 Å². The molecule has 0 saturated carbocycles. The summed E-state index contributed by atoms with van der Waals surface area (Å²) < 4.78 is 13.2. The highest BCUT2D eigenvalue weighted by molar-refractivity contribution is 7.99. The number of carbonyl (C=O) groups is 1. The first-order valence-electron chi connectivity index (χ1n) is 8.12. The molecule has 26 heavy (non-hydrogen) atoms. The van der Waals surface area contributed by atoms with Crippen LogP contribution in [0.4, 0.5) is 5.69 Å². The molecular formula is C18H21N5O2S. The summed E-state index contributed by atoms with van der Waals surface area (Å²) in [6.45, 7) is 5.97. The molecule has 7 nitrogen and oxygen atoms in total. The number of anilines is 1. The number of carbonyl (C=O) groups excluding carboxylic acids is 1. The number of amidine groups is 1. The van der Waals surface area contributed by atoms with Crippen molar-refractivity contribution in [1.29, 1.82) is 0 Å². The molecule has 0 bridgehead atoms. The molecule has 8 heteroatoms. The van der Waals surface area contributed by atoms with Gasteiger partial charge in [0.2, 0.25) is 0 Å². The summed E-state index contributed by atoms with van der Waals surface area (Å²) in [7, 11) is 0. The zero-order valence-corrected chi connectivity index (χ0v) is 15.7. The third-order valence-corrected chi connectivity index (χ3v) is 4.37. The van der Waals surface area contributed by atoms with Gasteiger partial charge in [-0.15, -0.1) is 0 Å². The van der Waals surface area contributed by atoms with Gasteiger partial charge in [0.05, 0.1) is 28.9 Å². The first-order chi connectivity index (χ1) is 12.4. The maximum Gasteiger partial charge on any atom is 0.270 e. The van der Waals surface area contributed by atoms with E-state index in [2.05, 4.69) is 19.4 Å². The molecule has 1 aliphatic heterocycles. The zero-order valence-electron chi connectivity index (χ0n) is 14.9. The minimum atomic E-state index is -0.603. The van der Waals surface area contributed by atoms with Crippen LogP contribution >= 0.6 is 12.1 Å². The van der Waals surface area contributed by atoms with E-state index in [1.165, 1.54) is 12.1 Å². The van der Waals surface area contributed by atoms with Gasteiger partial charge in [0.1, 0.15) is 23.9 Å². The van der Waals surface area contributed by atoms with Gasteiger partial charge in [-0.05, 0) is 50.6 Å². The third-order valence-electron chi connectivity index (χ3n) is 3.77. The fourth-order valence-electron chi connectivity index (χ4n) is 2.49. The second-order valence-corrected chi connectivity index (χ2v) is 7.26. The predicted molar refractivity (Wildman–Crippen MR) is 104 cm³/mol. The van der Waals surface area contributed by atoms with Crippen LogP contribution in [0.25, 0.3) is 0 Å². The number of pyridine rings is 1. The molecule has 2 aromatic rings. The van der Waals surface area contributed by atoms with Crippen molar-refractivity contribution in [2.24, 2.45) is 10.1 Å². The molecule has 3 rings (SSSR count). The normalized spacial score (nSPS) is 13.3. The Morgan fingerprint density at radius 2 is 2.19 bits per heavy atom. The number of nitrogens with two attached hydrogens (primary N) is 1.